The molecule has 0 saturated carbocycles. The SMILES string of the molecule is N#Cc1nccc(N2CCN(Cc3ccc(-c4nc5ccn(C(N)=O)c(=N)c5cc4-c4ccccc4)cc3)CC2)n1. The molecule has 1 saturated heterocycles. The molecule has 1 aliphatic rings. The van der Waals surface area contributed by atoms with E-state index in [0.29, 0.717) is 10.9 Å². The molecule has 4 heterocycles. The van der Waals surface area contributed by atoms with Gasteiger partial charge in [0.25, 0.3) is 0 Å². The number of hydrogen-bond acceptors (Lipinski definition) is 8. The number of amides is 1. The smallest absolute Gasteiger partial charge is 0.324 e. The van der Waals surface area contributed by atoms with Gasteiger partial charge in [-0.25, -0.2) is 19.7 Å². The number of aromatic nitrogens is 4. The van der Waals surface area contributed by atoms with Gasteiger partial charge in [0.05, 0.1) is 11.2 Å². The quantitative estimate of drug-likeness (QED) is 0.345. The highest BCUT2D eigenvalue weighted by Crippen LogP contribution is 2.33. The van der Waals surface area contributed by atoms with Crippen LogP contribution in [-0.4, -0.2) is 56.6 Å². The van der Waals surface area contributed by atoms with Gasteiger partial charge < -0.3 is 10.6 Å². The van der Waals surface area contributed by atoms with Crippen molar-refractivity contribution in [2.75, 3.05) is 31.1 Å². The number of nitrogens with two attached hydrogens (primary N) is 1. The van der Waals surface area contributed by atoms with E-state index in [1.807, 2.05) is 48.5 Å². The molecule has 2 aromatic carbocycles. The highest BCUT2D eigenvalue weighted by atomic mass is 16.2. The fourth-order valence-corrected chi connectivity index (χ4v) is 5.18. The van der Waals surface area contributed by atoms with Gasteiger partial charge in [-0.2, -0.15) is 5.26 Å². The normalized spacial score (nSPS) is 13.7. The second-order valence-electron chi connectivity index (χ2n) is 9.87. The molecule has 0 unspecified atom stereocenters. The summed E-state index contributed by atoms with van der Waals surface area (Å²) in [5.41, 5.74) is 10.9. The topological polar surface area (TPSA) is 141 Å². The van der Waals surface area contributed by atoms with E-state index in [4.69, 9.17) is 21.4 Å². The number of benzene rings is 2. The first kappa shape index (κ1) is 25.9. The van der Waals surface area contributed by atoms with Crippen molar-refractivity contribution in [1.82, 2.24) is 24.4 Å². The molecule has 0 radical (unpaired) electrons. The van der Waals surface area contributed by atoms with E-state index < -0.39 is 6.03 Å². The van der Waals surface area contributed by atoms with E-state index in [2.05, 4.69) is 44.0 Å². The molecule has 3 aromatic heterocycles. The lowest BCUT2D eigenvalue weighted by molar-refractivity contribution is 0.249. The summed E-state index contributed by atoms with van der Waals surface area (Å²) in [6.45, 7) is 4.26. The van der Waals surface area contributed by atoms with E-state index >= 15 is 0 Å². The van der Waals surface area contributed by atoms with Crippen molar-refractivity contribution in [3.8, 4) is 28.5 Å². The Labute approximate surface area is 236 Å². The van der Waals surface area contributed by atoms with Crippen LogP contribution in [0.1, 0.15) is 11.4 Å². The molecule has 1 fully saturated rings. The number of nitriles is 1. The zero-order valence-corrected chi connectivity index (χ0v) is 22.2. The average Bonchev–Trinajstić information content (AvgIpc) is 3.02. The first-order valence-corrected chi connectivity index (χ1v) is 13.3. The van der Waals surface area contributed by atoms with Gasteiger partial charge in [-0.1, -0.05) is 54.6 Å². The molecular formula is C31H27N9O. The molecule has 5 aromatic rings. The summed E-state index contributed by atoms with van der Waals surface area (Å²) in [4.78, 5) is 29.6. The summed E-state index contributed by atoms with van der Waals surface area (Å²) in [6.07, 6.45) is 3.12. The average molecular weight is 542 g/mol. The van der Waals surface area contributed by atoms with Crippen molar-refractivity contribution in [1.29, 1.82) is 10.7 Å². The maximum Gasteiger partial charge on any atom is 0.324 e. The van der Waals surface area contributed by atoms with Crippen LogP contribution < -0.4 is 16.1 Å². The zero-order chi connectivity index (χ0) is 28.3. The Morgan fingerprint density at radius 2 is 1.71 bits per heavy atom. The van der Waals surface area contributed by atoms with Crippen LogP contribution in [0.25, 0.3) is 33.3 Å². The number of anilines is 1. The van der Waals surface area contributed by atoms with E-state index in [1.165, 1.54) is 11.8 Å². The minimum absolute atomic E-state index is 0.00638. The third kappa shape index (κ3) is 5.26. The van der Waals surface area contributed by atoms with Crippen LogP contribution in [0.2, 0.25) is 0 Å². The van der Waals surface area contributed by atoms with E-state index in [0.717, 1.165) is 65.5 Å². The van der Waals surface area contributed by atoms with Crippen LogP contribution in [0, 0.1) is 16.7 Å². The lowest BCUT2D eigenvalue weighted by atomic mass is 9.97. The monoisotopic (exact) mass is 541 g/mol. The first-order chi connectivity index (χ1) is 20.0. The van der Waals surface area contributed by atoms with Crippen molar-refractivity contribution in [3.63, 3.8) is 0 Å². The molecule has 0 atom stereocenters. The third-order valence-electron chi connectivity index (χ3n) is 7.32. The number of hydrogen-bond donors (Lipinski definition) is 2. The highest BCUT2D eigenvalue weighted by molar-refractivity contribution is 5.92. The fourth-order valence-electron chi connectivity index (χ4n) is 5.18. The summed E-state index contributed by atoms with van der Waals surface area (Å²) in [6, 6.07) is 25.1. The largest absolute Gasteiger partial charge is 0.354 e. The summed E-state index contributed by atoms with van der Waals surface area (Å²) in [5, 5.41) is 18.2. The van der Waals surface area contributed by atoms with Gasteiger partial charge in [0.1, 0.15) is 17.4 Å². The number of pyridine rings is 2. The van der Waals surface area contributed by atoms with E-state index in [1.54, 1.807) is 12.3 Å². The van der Waals surface area contributed by atoms with Gasteiger partial charge in [-0.05, 0) is 29.3 Å². The molecule has 6 rings (SSSR count). The second-order valence-corrected chi connectivity index (χ2v) is 9.87. The summed E-state index contributed by atoms with van der Waals surface area (Å²) in [7, 11) is 0. The number of fused-ring (bicyclic) bond motifs is 1. The van der Waals surface area contributed by atoms with Gasteiger partial charge in [0, 0.05) is 61.6 Å². The fraction of sp³-hybridized carbons (Fsp3) is 0.161. The third-order valence-corrected chi connectivity index (χ3v) is 7.32. The predicted octanol–water partition coefficient (Wildman–Crippen LogP) is 3.76. The summed E-state index contributed by atoms with van der Waals surface area (Å²) >= 11 is 0. The molecule has 0 aliphatic carbocycles. The van der Waals surface area contributed by atoms with Gasteiger partial charge in [0.2, 0.25) is 5.82 Å². The standard InChI is InChI=1S/C31H27N9O/c32-19-27-35-12-10-28(37-27)39-16-14-38(15-17-39)20-21-6-8-23(9-7-21)29-24(22-4-2-1-3-5-22)18-25-26(36-29)11-13-40(30(25)33)31(34)41/h1-13,18,33H,14-17,20H2,(H2,34,41). The Kier molecular flexibility index (Phi) is 6.93. The number of carbonyl (C=O) groups excluding carboxylic acids is 1. The lowest BCUT2D eigenvalue weighted by Crippen LogP contribution is -2.46. The number of piperazine rings is 1. The van der Waals surface area contributed by atoms with Crippen LogP contribution in [0.4, 0.5) is 10.6 Å². The summed E-state index contributed by atoms with van der Waals surface area (Å²) in [5.74, 6) is 0.982. The maximum absolute atomic E-state index is 11.8. The van der Waals surface area contributed by atoms with Crippen molar-refractivity contribution in [2.45, 2.75) is 6.54 Å². The molecular weight excluding hydrogens is 514 g/mol. The molecule has 0 spiro atoms. The van der Waals surface area contributed by atoms with Crippen LogP contribution >= 0.6 is 0 Å². The molecule has 10 heteroatoms. The Bertz CT molecular complexity index is 1830. The molecule has 1 aliphatic heterocycles. The minimum Gasteiger partial charge on any atom is -0.354 e. The zero-order valence-electron chi connectivity index (χ0n) is 22.2. The molecule has 41 heavy (non-hydrogen) atoms. The maximum atomic E-state index is 11.8. The van der Waals surface area contributed by atoms with Crippen molar-refractivity contribution in [2.24, 2.45) is 5.73 Å². The lowest BCUT2D eigenvalue weighted by Gasteiger charge is -2.35. The van der Waals surface area contributed by atoms with Crippen molar-refractivity contribution >= 4 is 22.8 Å². The van der Waals surface area contributed by atoms with Gasteiger partial charge >= 0.3 is 6.03 Å². The number of nitrogens with zero attached hydrogens (tertiary/aromatic N) is 7. The van der Waals surface area contributed by atoms with Crippen LogP contribution in [0.3, 0.4) is 0 Å². The van der Waals surface area contributed by atoms with E-state index in [-0.39, 0.29) is 11.3 Å². The Balaban J connectivity index is 1.24. The van der Waals surface area contributed by atoms with Gasteiger partial charge in [0.15, 0.2) is 0 Å². The van der Waals surface area contributed by atoms with E-state index in [9.17, 15) is 4.79 Å². The van der Waals surface area contributed by atoms with Crippen LogP contribution in [0.15, 0.2) is 85.2 Å². The predicted molar refractivity (Wildman–Crippen MR) is 156 cm³/mol. The first-order valence-electron chi connectivity index (χ1n) is 13.3. The summed E-state index contributed by atoms with van der Waals surface area (Å²) < 4.78 is 1.12. The number of primary amides is 1. The second kappa shape index (κ2) is 11.0. The van der Waals surface area contributed by atoms with Crippen LogP contribution in [-0.2, 0) is 6.54 Å². The Hall–Kier alpha value is -5.40. The minimum atomic E-state index is -0.707. The Morgan fingerprint density at radius 3 is 2.41 bits per heavy atom. The van der Waals surface area contributed by atoms with Gasteiger partial charge in [-0.15, -0.1) is 0 Å². The Morgan fingerprint density at radius 1 is 0.951 bits per heavy atom. The molecule has 0 bridgehead atoms. The number of rotatable bonds is 5. The highest BCUT2D eigenvalue weighted by Gasteiger charge is 2.19. The van der Waals surface area contributed by atoms with Crippen molar-refractivity contribution < 1.29 is 4.79 Å². The molecule has 3 N–H and O–H groups in total. The molecule has 1 amide bonds. The number of carbonyl (C=O) groups is 1. The van der Waals surface area contributed by atoms with Gasteiger partial charge in [-0.3, -0.25) is 14.9 Å². The molecule has 10 nitrogen and oxygen atoms in total. The van der Waals surface area contributed by atoms with Crippen molar-refractivity contribution in [3.05, 3.63) is 102 Å². The van der Waals surface area contributed by atoms with Crippen LogP contribution in [0.5, 0.6) is 0 Å². The number of nitrogens with one attached hydrogen (secondary N) is 1. The molecule has 202 valence electrons.